The van der Waals surface area contributed by atoms with E-state index in [1.165, 1.54) is 4.90 Å². The average Bonchev–Trinajstić information content (AvgIpc) is 3.67. The molecule has 2 atom stereocenters. The Hall–Kier alpha value is -3.96. The summed E-state index contributed by atoms with van der Waals surface area (Å²) in [7, 11) is 0. The van der Waals surface area contributed by atoms with Crippen LogP contribution in [-0.2, 0) is 27.4 Å². The lowest BCUT2D eigenvalue weighted by Crippen LogP contribution is -2.54. The molecule has 12 nitrogen and oxygen atoms in total. The van der Waals surface area contributed by atoms with Crippen molar-refractivity contribution in [1.29, 1.82) is 0 Å². The minimum absolute atomic E-state index is 0.0310. The second kappa shape index (κ2) is 16.0. The number of amides is 4. The first-order valence-corrected chi connectivity index (χ1v) is 15.5. The highest BCUT2D eigenvalue weighted by atomic mass is 16.5. The number of para-hydroxylation sites is 1. The van der Waals surface area contributed by atoms with Crippen molar-refractivity contribution in [2.75, 3.05) is 19.6 Å². The summed E-state index contributed by atoms with van der Waals surface area (Å²) in [6, 6.07) is 5.27. The summed E-state index contributed by atoms with van der Waals surface area (Å²) in [5.74, 6) is -0.00995. The Morgan fingerprint density at radius 2 is 1.74 bits per heavy atom. The zero-order valence-corrected chi connectivity index (χ0v) is 25.2. The van der Waals surface area contributed by atoms with E-state index < -0.39 is 18.0 Å². The Labute approximate surface area is 252 Å². The van der Waals surface area contributed by atoms with Gasteiger partial charge in [0, 0.05) is 19.5 Å². The number of hydrogen-bond acceptors (Lipinski definition) is 8. The van der Waals surface area contributed by atoms with Gasteiger partial charge in [0.25, 0.3) is 5.91 Å². The predicted molar refractivity (Wildman–Crippen MR) is 158 cm³/mol. The number of carbonyl (C=O) groups is 4. The summed E-state index contributed by atoms with van der Waals surface area (Å²) in [4.78, 5) is 58.6. The highest BCUT2D eigenvalue weighted by Crippen LogP contribution is 2.23. The number of nitrogens with one attached hydrogen (secondary N) is 3. The number of carbonyl (C=O) groups excluding carboxylic acids is 4. The van der Waals surface area contributed by atoms with E-state index in [2.05, 4.69) is 26.1 Å². The van der Waals surface area contributed by atoms with Crippen LogP contribution in [0.4, 0.5) is 0 Å². The molecule has 4 amide bonds. The maximum absolute atomic E-state index is 13.8. The largest absolute Gasteiger partial charge is 0.485 e. The third-order valence-corrected chi connectivity index (χ3v) is 7.71. The molecule has 1 aromatic carbocycles. The van der Waals surface area contributed by atoms with Crippen LogP contribution in [0.15, 0.2) is 28.8 Å². The van der Waals surface area contributed by atoms with Gasteiger partial charge in [0.1, 0.15) is 17.8 Å². The quantitative estimate of drug-likeness (QED) is 0.478. The molecule has 43 heavy (non-hydrogen) atoms. The summed E-state index contributed by atoms with van der Waals surface area (Å²) in [6.45, 7) is 4.78. The summed E-state index contributed by atoms with van der Waals surface area (Å²) >= 11 is 0. The first-order chi connectivity index (χ1) is 20.8. The van der Waals surface area contributed by atoms with Crippen LogP contribution in [0, 0.1) is 5.92 Å². The Kier molecular flexibility index (Phi) is 11.9. The molecule has 1 saturated heterocycles. The molecule has 0 unspecified atom stereocenters. The van der Waals surface area contributed by atoms with Crippen molar-refractivity contribution in [1.82, 2.24) is 31.0 Å². The van der Waals surface area contributed by atoms with E-state index >= 15 is 0 Å². The van der Waals surface area contributed by atoms with Crippen molar-refractivity contribution in [2.45, 2.75) is 96.7 Å². The van der Waals surface area contributed by atoms with Crippen molar-refractivity contribution < 1.29 is 28.4 Å². The number of fused-ring (bicyclic) bond motifs is 4. The minimum Gasteiger partial charge on any atom is -0.485 e. The second-order valence-corrected chi connectivity index (χ2v) is 11.7. The van der Waals surface area contributed by atoms with Gasteiger partial charge in [-0.15, -0.1) is 0 Å². The van der Waals surface area contributed by atoms with E-state index in [1.807, 2.05) is 13.8 Å². The van der Waals surface area contributed by atoms with E-state index in [4.69, 9.17) is 9.26 Å². The van der Waals surface area contributed by atoms with Gasteiger partial charge < -0.3 is 30.1 Å². The van der Waals surface area contributed by atoms with Gasteiger partial charge in [-0.2, -0.15) is 4.98 Å². The molecule has 1 aromatic heterocycles. The van der Waals surface area contributed by atoms with Crippen molar-refractivity contribution in [2.24, 2.45) is 5.92 Å². The highest BCUT2D eigenvalue weighted by molar-refractivity contribution is 6.00. The van der Waals surface area contributed by atoms with Crippen molar-refractivity contribution in [3.05, 3.63) is 41.5 Å². The van der Waals surface area contributed by atoms with Gasteiger partial charge in [-0.25, -0.2) is 0 Å². The number of aryl methyl sites for hydroxylation is 1. The fraction of sp³-hybridized carbons (Fsp3) is 0.613. The molecule has 3 N–H and O–H groups in total. The Morgan fingerprint density at radius 1 is 0.977 bits per heavy atom. The van der Waals surface area contributed by atoms with E-state index in [-0.39, 0.29) is 42.4 Å². The fourth-order valence-electron chi connectivity index (χ4n) is 5.49. The zero-order chi connectivity index (χ0) is 30.6. The third-order valence-electron chi connectivity index (χ3n) is 7.71. The number of rotatable bonds is 2. The van der Waals surface area contributed by atoms with Crippen LogP contribution in [0.2, 0.25) is 0 Å². The molecule has 2 bridgehead atoms. The standard InChI is InChI=1S/C31H44N6O6/c1-21(2)18-23-31(41)37-17-11-13-24(37)30(40)33-19-27(38)32-16-10-6-4-3-5-7-15-28-35-26(36-43-28)20-42-25-14-9-8-12-22(25)29(39)34-23/h8-9,12,14,21,23-24H,3-7,10-11,13,15-20H2,1-2H3,(H,32,38)(H,33,40)(H,34,39)/t23-,24-/m1/s1. The lowest BCUT2D eigenvalue weighted by atomic mass is 10.0. The van der Waals surface area contributed by atoms with Crippen LogP contribution in [0.5, 0.6) is 5.75 Å². The van der Waals surface area contributed by atoms with E-state index in [0.29, 0.717) is 56.2 Å². The third kappa shape index (κ3) is 9.52. The molecule has 0 spiro atoms. The van der Waals surface area contributed by atoms with E-state index in [0.717, 1.165) is 38.5 Å². The summed E-state index contributed by atoms with van der Waals surface area (Å²) < 4.78 is 11.3. The molecular formula is C31H44N6O6. The molecular weight excluding hydrogens is 552 g/mol. The Morgan fingerprint density at radius 3 is 2.56 bits per heavy atom. The molecule has 4 rings (SSSR count). The number of ether oxygens (including phenoxy) is 1. The van der Waals surface area contributed by atoms with Crippen molar-refractivity contribution in [3.63, 3.8) is 0 Å². The smallest absolute Gasteiger partial charge is 0.255 e. The number of hydrogen-bond donors (Lipinski definition) is 3. The Balaban J connectivity index is 1.51. The van der Waals surface area contributed by atoms with Crippen LogP contribution >= 0.6 is 0 Å². The van der Waals surface area contributed by atoms with Gasteiger partial charge in [0.15, 0.2) is 6.61 Å². The summed E-state index contributed by atoms with van der Waals surface area (Å²) in [5.41, 5.74) is 0.274. The lowest BCUT2D eigenvalue weighted by molar-refractivity contribution is -0.140. The average molecular weight is 597 g/mol. The predicted octanol–water partition coefficient (Wildman–Crippen LogP) is 2.91. The first kappa shape index (κ1) is 32.0. The number of nitrogens with zero attached hydrogens (tertiary/aromatic N) is 3. The molecule has 234 valence electrons. The summed E-state index contributed by atoms with van der Waals surface area (Å²) in [6.07, 6.45) is 8.19. The van der Waals surface area contributed by atoms with Crippen molar-refractivity contribution >= 4 is 23.6 Å². The van der Waals surface area contributed by atoms with Crippen LogP contribution in [0.25, 0.3) is 0 Å². The van der Waals surface area contributed by atoms with Gasteiger partial charge in [0.2, 0.25) is 29.4 Å². The summed E-state index contributed by atoms with van der Waals surface area (Å²) in [5, 5.41) is 12.5. The maximum Gasteiger partial charge on any atom is 0.255 e. The highest BCUT2D eigenvalue weighted by Gasteiger charge is 2.38. The van der Waals surface area contributed by atoms with Gasteiger partial charge in [-0.05, 0) is 50.2 Å². The molecule has 12 heteroatoms. The number of aromatic nitrogens is 2. The zero-order valence-electron chi connectivity index (χ0n) is 25.2. The molecule has 3 heterocycles. The monoisotopic (exact) mass is 596 g/mol. The SMILES string of the molecule is CC(C)C[C@H]1NC(=O)c2ccccc2OCc2noc(n2)CCCCCCCCNC(=O)CNC(=O)[C@H]2CCCN2C1=O. The maximum atomic E-state index is 13.8. The Bertz CT molecular complexity index is 1250. The molecule has 2 aliphatic rings. The van der Waals surface area contributed by atoms with Gasteiger partial charge in [-0.1, -0.05) is 56.8 Å². The van der Waals surface area contributed by atoms with Crippen LogP contribution in [-0.4, -0.2) is 70.4 Å². The molecule has 1 fully saturated rings. The van der Waals surface area contributed by atoms with Crippen LogP contribution in [0.3, 0.4) is 0 Å². The van der Waals surface area contributed by atoms with E-state index in [1.54, 1.807) is 24.3 Å². The minimum atomic E-state index is -0.837. The van der Waals surface area contributed by atoms with Gasteiger partial charge in [0.05, 0.1) is 12.1 Å². The normalized spacial score (nSPS) is 22.2. The van der Waals surface area contributed by atoms with Crippen molar-refractivity contribution in [3.8, 4) is 5.75 Å². The van der Waals surface area contributed by atoms with Crippen LogP contribution < -0.4 is 20.7 Å². The number of benzene rings is 1. The molecule has 0 saturated carbocycles. The molecule has 0 radical (unpaired) electrons. The van der Waals surface area contributed by atoms with Crippen LogP contribution in [0.1, 0.15) is 93.7 Å². The first-order valence-electron chi connectivity index (χ1n) is 15.5. The molecule has 0 aliphatic carbocycles. The molecule has 2 aliphatic heterocycles. The van der Waals surface area contributed by atoms with Gasteiger partial charge in [-0.3, -0.25) is 19.2 Å². The topological polar surface area (TPSA) is 156 Å². The van der Waals surface area contributed by atoms with Gasteiger partial charge >= 0.3 is 0 Å². The fourth-order valence-corrected chi connectivity index (χ4v) is 5.49. The second-order valence-electron chi connectivity index (χ2n) is 11.7. The van der Waals surface area contributed by atoms with E-state index in [9.17, 15) is 19.2 Å². The molecule has 2 aromatic rings. The lowest BCUT2D eigenvalue weighted by Gasteiger charge is -2.29.